The summed E-state index contributed by atoms with van der Waals surface area (Å²) in [5.41, 5.74) is -0.808. The highest BCUT2D eigenvalue weighted by Gasteiger charge is 2.57. The number of alkyl halides is 3. The van der Waals surface area contributed by atoms with Gasteiger partial charge in [-0.1, -0.05) is 27.7 Å². The number of urea groups is 1. The summed E-state index contributed by atoms with van der Waals surface area (Å²) >= 11 is 0. The van der Waals surface area contributed by atoms with Gasteiger partial charge in [-0.25, -0.2) is 14.4 Å². The normalized spacial score (nSPS) is 24.4. The van der Waals surface area contributed by atoms with Gasteiger partial charge in [0.25, 0.3) is 0 Å². The Hall–Kier alpha value is -1.88. The summed E-state index contributed by atoms with van der Waals surface area (Å²) in [5, 5.41) is 14.7. The first-order chi connectivity index (χ1) is 14.8. The molecule has 1 saturated heterocycles. The van der Waals surface area contributed by atoms with Gasteiger partial charge in [-0.15, -0.1) is 0 Å². The second-order valence-corrected chi connectivity index (χ2v) is 10.5. The van der Waals surface area contributed by atoms with Crippen molar-refractivity contribution < 1.29 is 41.9 Å². The number of hydrogen-bond acceptors (Lipinski definition) is 5. The first-order valence-corrected chi connectivity index (χ1v) is 11.3. The van der Waals surface area contributed by atoms with Crippen LogP contribution in [0.25, 0.3) is 0 Å². The first kappa shape index (κ1) is 29.2. The third kappa shape index (κ3) is 7.05. The summed E-state index contributed by atoms with van der Waals surface area (Å²) in [6.45, 7) is 13.0. The quantitative estimate of drug-likeness (QED) is 0.501. The van der Waals surface area contributed by atoms with Crippen LogP contribution in [0.2, 0.25) is 0 Å². The summed E-state index contributed by atoms with van der Waals surface area (Å²) in [6, 6.07) is -4.17. The topological polar surface area (TPSA) is 105 Å². The summed E-state index contributed by atoms with van der Waals surface area (Å²) < 4.78 is 44.1. The van der Waals surface area contributed by atoms with Crippen LogP contribution in [0.1, 0.15) is 68.2 Å². The monoisotopic (exact) mass is 482 g/mol. The summed E-state index contributed by atoms with van der Waals surface area (Å²) in [7, 11) is 0. The van der Waals surface area contributed by atoms with E-state index in [9.17, 15) is 32.7 Å². The number of carbonyl (C=O) groups is 3. The maximum atomic E-state index is 13.7. The van der Waals surface area contributed by atoms with Gasteiger partial charge < -0.3 is 15.2 Å². The van der Waals surface area contributed by atoms with Crippen molar-refractivity contribution in [1.29, 1.82) is 0 Å². The zero-order chi connectivity index (χ0) is 25.9. The van der Waals surface area contributed by atoms with Crippen LogP contribution in [0.3, 0.4) is 0 Å². The van der Waals surface area contributed by atoms with Crippen molar-refractivity contribution in [3.63, 3.8) is 0 Å². The van der Waals surface area contributed by atoms with Gasteiger partial charge in [-0.2, -0.15) is 17.7 Å². The molecule has 1 aliphatic heterocycles. The van der Waals surface area contributed by atoms with Gasteiger partial charge in [0.15, 0.2) is 12.1 Å². The van der Waals surface area contributed by atoms with E-state index >= 15 is 0 Å². The SMILES string of the molecule is CC(C)C(NC(=O)[N+]1(C(=O)[C@@H](NC(=O)OC(C)(C)C)C(C)C)CCC[C@H]1C)C(O)C(F)(F)F. The van der Waals surface area contributed by atoms with E-state index in [4.69, 9.17) is 4.74 Å². The van der Waals surface area contributed by atoms with Gasteiger partial charge in [0.1, 0.15) is 11.6 Å². The van der Waals surface area contributed by atoms with E-state index in [1.165, 1.54) is 13.8 Å². The predicted molar refractivity (Wildman–Crippen MR) is 116 cm³/mol. The number of hydrogen-bond donors (Lipinski definition) is 3. The van der Waals surface area contributed by atoms with E-state index in [0.717, 1.165) is 0 Å². The number of nitrogens with zero attached hydrogens (tertiary/aromatic N) is 1. The molecule has 4 amide bonds. The Morgan fingerprint density at radius 2 is 1.58 bits per heavy atom. The van der Waals surface area contributed by atoms with Crippen molar-refractivity contribution in [1.82, 2.24) is 10.6 Å². The standard InChI is InChI=1S/C22H38F3N3O5/c1-12(2)15(17(29)22(23,24)25)26-19(31)28(11-9-10-14(28)5)18(30)16(13(3)4)27-20(32)33-21(6,7)8/h12-17,29H,9-11H2,1-8H3,(H-,26,27,31,32)/p+1/t14-,15?,16+,17?,28?/m1/s1. The molecule has 3 unspecified atom stereocenters. The molecule has 0 aromatic heterocycles. The minimum Gasteiger partial charge on any atom is -0.444 e. The average molecular weight is 483 g/mol. The molecule has 1 heterocycles. The van der Waals surface area contributed by atoms with Crippen LogP contribution in [-0.2, 0) is 9.53 Å². The third-order valence-electron chi connectivity index (χ3n) is 5.93. The molecule has 0 bridgehead atoms. The number of alkyl carbamates (subject to hydrolysis) is 1. The Labute approximate surface area is 193 Å². The van der Waals surface area contributed by atoms with Gasteiger partial charge in [-0.05, 0) is 39.5 Å². The largest absolute Gasteiger partial charge is 0.444 e. The molecule has 1 aliphatic rings. The fourth-order valence-electron chi connectivity index (χ4n) is 4.07. The van der Waals surface area contributed by atoms with E-state index in [-0.39, 0.29) is 6.54 Å². The lowest BCUT2D eigenvalue weighted by Crippen LogP contribution is -2.70. The number of halogens is 3. The Morgan fingerprint density at radius 3 is 1.94 bits per heavy atom. The van der Waals surface area contributed by atoms with Crippen LogP contribution < -0.4 is 10.6 Å². The molecule has 0 aromatic carbocycles. The van der Waals surface area contributed by atoms with Crippen LogP contribution in [0.15, 0.2) is 0 Å². The number of carbonyl (C=O) groups excluding carboxylic acids is 3. The maximum Gasteiger partial charge on any atom is 0.424 e. The van der Waals surface area contributed by atoms with Gasteiger partial charge in [0.05, 0.1) is 12.6 Å². The number of aliphatic hydroxyl groups is 1. The van der Waals surface area contributed by atoms with Crippen LogP contribution in [-0.4, -0.2) is 70.2 Å². The zero-order valence-electron chi connectivity index (χ0n) is 20.7. The lowest BCUT2D eigenvalue weighted by atomic mass is 9.97. The van der Waals surface area contributed by atoms with E-state index in [0.29, 0.717) is 12.8 Å². The van der Waals surface area contributed by atoms with Crippen molar-refractivity contribution >= 4 is 18.0 Å². The smallest absolute Gasteiger partial charge is 0.424 e. The number of amides is 4. The number of ether oxygens (including phenoxy) is 1. The van der Waals surface area contributed by atoms with Crippen LogP contribution in [0, 0.1) is 11.8 Å². The fraction of sp³-hybridized carbons (Fsp3) is 0.864. The molecule has 33 heavy (non-hydrogen) atoms. The summed E-state index contributed by atoms with van der Waals surface area (Å²) in [5.74, 6) is -1.79. The van der Waals surface area contributed by atoms with Gasteiger partial charge in [0.2, 0.25) is 0 Å². The maximum absolute atomic E-state index is 13.7. The average Bonchev–Trinajstić information content (AvgIpc) is 3.02. The van der Waals surface area contributed by atoms with Crippen molar-refractivity contribution in [3.8, 4) is 0 Å². The third-order valence-corrected chi connectivity index (χ3v) is 5.93. The Bertz CT molecular complexity index is 721. The van der Waals surface area contributed by atoms with E-state index in [2.05, 4.69) is 10.6 Å². The molecule has 0 saturated carbocycles. The van der Waals surface area contributed by atoms with Crippen molar-refractivity contribution in [3.05, 3.63) is 0 Å². The predicted octanol–water partition coefficient (Wildman–Crippen LogP) is 3.72. The number of quaternary nitrogens is 1. The van der Waals surface area contributed by atoms with Crippen molar-refractivity contribution in [2.45, 2.75) is 104 Å². The number of imide groups is 1. The van der Waals surface area contributed by atoms with Crippen molar-refractivity contribution in [2.75, 3.05) is 6.54 Å². The van der Waals surface area contributed by atoms with E-state index < -0.39 is 70.4 Å². The first-order valence-electron chi connectivity index (χ1n) is 11.3. The fourth-order valence-corrected chi connectivity index (χ4v) is 4.07. The molecular weight excluding hydrogens is 443 g/mol. The molecule has 5 atom stereocenters. The van der Waals surface area contributed by atoms with Gasteiger partial charge in [0, 0.05) is 12.8 Å². The number of nitrogens with one attached hydrogen (secondary N) is 2. The molecule has 0 aromatic rings. The highest BCUT2D eigenvalue weighted by atomic mass is 19.4. The summed E-state index contributed by atoms with van der Waals surface area (Å²) in [4.78, 5) is 39.5. The second-order valence-electron chi connectivity index (χ2n) is 10.5. The minimum absolute atomic E-state index is 0.0813. The lowest BCUT2D eigenvalue weighted by molar-refractivity contribution is -0.786. The number of likely N-dealkylation sites (tertiary alicyclic amines) is 1. The van der Waals surface area contributed by atoms with Gasteiger partial charge in [-0.3, -0.25) is 5.32 Å². The zero-order valence-corrected chi connectivity index (χ0v) is 20.7. The Morgan fingerprint density at radius 1 is 1.03 bits per heavy atom. The summed E-state index contributed by atoms with van der Waals surface area (Å²) in [6.07, 6.45) is -7.54. The Kier molecular flexibility index (Phi) is 9.35. The molecule has 0 aliphatic carbocycles. The molecule has 0 radical (unpaired) electrons. The highest BCUT2D eigenvalue weighted by Crippen LogP contribution is 2.32. The molecule has 1 fully saturated rings. The molecular formula is C22H39F3N3O5+. The second kappa shape index (κ2) is 10.6. The molecule has 0 spiro atoms. The van der Waals surface area contributed by atoms with E-state index in [1.807, 2.05) is 0 Å². The molecule has 11 heteroatoms. The van der Waals surface area contributed by atoms with Crippen molar-refractivity contribution in [2.24, 2.45) is 11.8 Å². The van der Waals surface area contributed by atoms with Crippen LogP contribution in [0.4, 0.5) is 22.8 Å². The van der Waals surface area contributed by atoms with Gasteiger partial charge >= 0.3 is 24.2 Å². The Balaban J connectivity index is 3.30. The highest BCUT2D eigenvalue weighted by molar-refractivity contribution is 5.89. The minimum atomic E-state index is -4.94. The van der Waals surface area contributed by atoms with Crippen LogP contribution >= 0.6 is 0 Å². The molecule has 192 valence electrons. The molecule has 1 rings (SSSR count). The van der Waals surface area contributed by atoms with E-state index in [1.54, 1.807) is 41.5 Å². The lowest BCUT2D eigenvalue weighted by Gasteiger charge is -2.38. The molecule has 3 N–H and O–H groups in total. The number of aliphatic hydroxyl groups excluding tert-OH is 1. The number of rotatable bonds is 6. The molecule has 8 nitrogen and oxygen atoms in total. The van der Waals surface area contributed by atoms with Crippen LogP contribution in [0.5, 0.6) is 0 Å².